The number of aliphatic hydroxyl groups is 1. The van der Waals surface area contributed by atoms with E-state index in [1.165, 1.54) is 12.1 Å². The van der Waals surface area contributed by atoms with E-state index in [2.05, 4.69) is 5.32 Å². The van der Waals surface area contributed by atoms with E-state index in [0.29, 0.717) is 11.5 Å². The molecule has 1 heterocycles. The van der Waals surface area contributed by atoms with E-state index < -0.39 is 17.9 Å². The molecule has 1 aliphatic heterocycles. The third-order valence-corrected chi connectivity index (χ3v) is 2.57. The largest absolute Gasteiger partial charge is 0.454 e. The summed E-state index contributed by atoms with van der Waals surface area (Å²) < 4.78 is 10.2. The first-order valence-corrected chi connectivity index (χ1v) is 5.43. The van der Waals surface area contributed by atoms with Crippen LogP contribution in [-0.2, 0) is 4.79 Å². The van der Waals surface area contributed by atoms with Gasteiger partial charge in [0.15, 0.2) is 11.5 Å². The molecule has 0 saturated heterocycles. The zero-order chi connectivity index (χ0) is 14.0. The van der Waals surface area contributed by atoms with Gasteiger partial charge in [-0.3, -0.25) is 9.59 Å². The fourth-order valence-corrected chi connectivity index (χ4v) is 1.54. The van der Waals surface area contributed by atoms with E-state index in [0.717, 1.165) is 0 Å². The first kappa shape index (κ1) is 13.0. The maximum Gasteiger partial charge on any atom is 0.253 e. The van der Waals surface area contributed by atoms with Crippen LogP contribution in [0.4, 0.5) is 5.69 Å². The Morgan fingerprint density at radius 1 is 1.37 bits per heavy atom. The predicted molar refractivity (Wildman–Crippen MR) is 64.5 cm³/mol. The highest BCUT2D eigenvalue weighted by Gasteiger charge is 2.20. The summed E-state index contributed by atoms with van der Waals surface area (Å²) in [7, 11) is 0. The second-order valence-corrected chi connectivity index (χ2v) is 3.92. The van der Waals surface area contributed by atoms with Crippen LogP contribution in [0.15, 0.2) is 12.1 Å². The summed E-state index contributed by atoms with van der Waals surface area (Å²) in [6.45, 7) is -0.220. The van der Waals surface area contributed by atoms with E-state index in [1.54, 1.807) is 0 Å². The highest BCUT2D eigenvalue weighted by atomic mass is 16.7. The van der Waals surface area contributed by atoms with Crippen molar-refractivity contribution in [2.24, 2.45) is 5.73 Å². The Morgan fingerprint density at radius 3 is 2.63 bits per heavy atom. The number of hydrogen-bond donors (Lipinski definition) is 4. The number of nitrogens with one attached hydrogen (secondary N) is 1. The van der Waals surface area contributed by atoms with Crippen LogP contribution in [0.1, 0.15) is 10.4 Å². The number of hydrogen-bond acceptors (Lipinski definition) is 6. The van der Waals surface area contributed by atoms with Crippen molar-refractivity contribution in [2.75, 3.05) is 19.1 Å². The SMILES string of the molecule is NC(=O)C(O)CNC(=O)c1cc2c(cc1N)OCO2. The number of amides is 2. The minimum absolute atomic E-state index is 0.0697. The number of nitrogens with two attached hydrogens (primary N) is 2. The molecular weight excluding hydrogens is 254 g/mol. The summed E-state index contributed by atoms with van der Waals surface area (Å²) in [6, 6.07) is 2.91. The topological polar surface area (TPSA) is 137 Å². The second kappa shape index (κ2) is 5.02. The number of rotatable bonds is 4. The Labute approximate surface area is 108 Å². The molecule has 1 aromatic rings. The van der Waals surface area contributed by atoms with Crippen LogP contribution in [0.25, 0.3) is 0 Å². The molecule has 102 valence electrons. The maximum absolute atomic E-state index is 11.8. The lowest BCUT2D eigenvalue weighted by Gasteiger charge is -2.10. The van der Waals surface area contributed by atoms with Crippen molar-refractivity contribution >= 4 is 17.5 Å². The molecule has 0 bridgehead atoms. The molecule has 8 heteroatoms. The molecule has 0 aromatic heterocycles. The maximum atomic E-state index is 11.8. The Bertz CT molecular complexity index is 531. The molecule has 19 heavy (non-hydrogen) atoms. The summed E-state index contributed by atoms with van der Waals surface area (Å²) in [5.41, 5.74) is 10.9. The molecular formula is C11H13N3O5. The van der Waals surface area contributed by atoms with Gasteiger partial charge in [-0.05, 0) is 6.07 Å². The van der Waals surface area contributed by atoms with Gasteiger partial charge < -0.3 is 31.4 Å². The standard InChI is InChI=1S/C11H13N3O5/c12-6-2-9-8(18-4-19-9)1-5(6)11(17)14-3-7(15)10(13)16/h1-2,7,15H,3-4,12H2,(H2,13,16)(H,14,17). The van der Waals surface area contributed by atoms with Crippen LogP contribution < -0.4 is 26.3 Å². The van der Waals surface area contributed by atoms with Gasteiger partial charge >= 0.3 is 0 Å². The molecule has 8 nitrogen and oxygen atoms in total. The average molecular weight is 267 g/mol. The third kappa shape index (κ3) is 2.68. The number of aliphatic hydroxyl groups excluding tert-OH is 1. The molecule has 6 N–H and O–H groups in total. The summed E-state index contributed by atoms with van der Waals surface area (Å²) in [5.74, 6) is -0.587. The van der Waals surface area contributed by atoms with Crippen molar-refractivity contribution in [3.63, 3.8) is 0 Å². The number of benzene rings is 1. The predicted octanol–water partition coefficient (Wildman–Crippen LogP) is -1.43. The van der Waals surface area contributed by atoms with Gasteiger partial charge in [0.25, 0.3) is 5.91 Å². The Kier molecular flexibility index (Phi) is 3.43. The normalized spacial score (nSPS) is 13.9. The monoisotopic (exact) mass is 267 g/mol. The zero-order valence-electron chi connectivity index (χ0n) is 9.88. The van der Waals surface area contributed by atoms with Crippen molar-refractivity contribution in [1.29, 1.82) is 0 Å². The van der Waals surface area contributed by atoms with Gasteiger partial charge in [0, 0.05) is 11.8 Å². The number of anilines is 1. The first-order valence-electron chi connectivity index (χ1n) is 5.43. The van der Waals surface area contributed by atoms with Crippen molar-refractivity contribution in [1.82, 2.24) is 5.32 Å². The number of carbonyl (C=O) groups is 2. The lowest BCUT2D eigenvalue weighted by Crippen LogP contribution is -2.40. The highest BCUT2D eigenvalue weighted by Crippen LogP contribution is 2.35. The summed E-state index contributed by atoms with van der Waals surface area (Å²) in [6.07, 6.45) is -1.45. The third-order valence-electron chi connectivity index (χ3n) is 2.57. The molecule has 2 amide bonds. The second-order valence-electron chi connectivity index (χ2n) is 3.92. The molecule has 0 fully saturated rings. The van der Waals surface area contributed by atoms with Gasteiger partial charge in [-0.1, -0.05) is 0 Å². The van der Waals surface area contributed by atoms with Gasteiger partial charge in [-0.25, -0.2) is 0 Å². The summed E-state index contributed by atoms with van der Waals surface area (Å²) in [5, 5.41) is 11.5. The molecule has 0 spiro atoms. The van der Waals surface area contributed by atoms with Gasteiger partial charge in [-0.15, -0.1) is 0 Å². The summed E-state index contributed by atoms with van der Waals surface area (Å²) in [4.78, 5) is 22.5. The highest BCUT2D eigenvalue weighted by molar-refractivity contribution is 6.00. The first-order chi connectivity index (χ1) is 8.99. The number of fused-ring (bicyclic) bond motifs is 1. The molecule has 0 aliphatic carbocycles. The average Bonchev–Trinajstić information content (AvgIpc) is 2.81. The Hall–Kier alpha value is -2.48. The number of ether oxygens (including phenoxy) is 2. The van der Waals surface area contributed by atoms with Crippen molar-refractivity contribution in [3.8, 4) is 11.5 Å². The van der Waals surface area contributed by atoms with Crippen molar-refractivity contribution in [3.05, 3.63) is 17.7 Å². The summed E-state index contributed by atoms with van der Waals surface area (Å²) >= 11 is 0. The van der Waals surface area contributed by atoms with Crippen LogP contribution in [0.5, 0.6) is 11.5 Å². The van der Waals surface area contributed by atoms with Gasteiger partial charge in [0.05, 0.1) is 12.1 Å². The Morgan fingerprint density at radius 2 is 2.00 bits per heavy atom. The molecule has 1 unspecified atom stereocenters. The number of primary amides is 1. The van der Waals surface area contributed by atoms with E-state index >= 15 is 0 Å². The Balaban J connectivity index is 2.09. The minimum Gasteiger partial charge on any atom is -0.454 e. The van der Waals surface area contributed by atoms with Crippen LogP contribution >= 0.6 is 0 Å². The molecule has 2 rings (SSSR count). The van der Waals surface area contributed by atoms with Crippen molar-refractivity contribution in [2.45, 2.75) is 6.10 Å². The number of nitrogen functional groups attached to an aromatic ring is 1. The molecule has 0 saturated carbocycles. The smallest absolute Gasteiger partial charge is 0.253 e. The quantitative estimate of drug-likeness (QED) is 0.494. The van der Waals surface area contributed by atoms with Crippen LogP contribution in [0.3, 0.4) is 0 Å². The number of carbonyl (C=O) groups excluding carboxylic acids is 2. The van der Waals surface area contributed by atoms with Crippen molar-refractivity contribution < 1.29 is 24.2 Å². The van der Waals surface area contributed by atoms with Gasteiger partial charge in [0.1, 0.15) is 6.10 Å². The molecule has 1 aliphatic rings. The van der Waals surface area contributed by atoms with Crippen LogP contribution in [-0.4, -0.2) is 36.4 Å². The lowest BCUT2D eigenvalue weighted by atomic mass is 10.1. The van der Waals surface area contributed by atoms with Gasteiger partial charge in [-0.2, -0.15) is 0 Å². The minimum atomic E-state index is -1.45. The molecule has 1 aromatic carbocycles. The van der Waals surface area contributed by atoms with Crippen LogP contribution in [0, 0.1) is 0 Å². The van der Waals surface area contributed by atoms with E-state index in [4.69, 9.17) is 20.9 Å². The fourth-order valence-electron chi connectivity index (χ4n) is 1.54. The van der Waals surface area contributed by atoms with E-state index in [1.807, 2.05) is 0 Å². The van der Waals surface area contributed by atoms with E-state index in [9.17, 15) is 14.7 Å². The lowest BCUT2D eigenvalue weighted by molar-refractivity contribution is -0.125. The molecule has 0 radical (unpaired) electrons. The zero-order valence-corrected chi connectivity index (χ0v) is 9.88. The van der Waals surface area contributed by atoms with Gasteiger partial charge in [0.2, 0.25) is 12.7 Å². The van der Waals surface area contributed by atoms with Crippen LogP contribution in [0.2, 0.25) is 0 Å². The molecule has 1 atom stereocenters. The fraction of sp³-hybridized carbons (Fsp3) is 0.273. The van der Waals surface area contributed by atoms with E-state index in [-0.39, 0.29) is 24.6 Å².